The Morgan fingerprint density at radius 2 is 1.58 bits per heavy atom. The number of hydrogen-bond donors (Lipinski definition) is 1. The summed E-state index contributed by atoms with van der Waals surface area (Å²) >= 11 is 0. The van der Waals surface area contributed by atoms with Crippen LogP contribution in [0.3, 0.4) is 0 Å². The normalized spacial score (nSPS) is 51.3. The van der Waals surface area contributed by atoms with E-state index >= 15 is 0 Å². The molecule has 10 atom stereocenters. The van der Waals surface area contributed by atoms with Crippen LogP contribution in [0.25, 0.3) is 0 Å². The topological polar surface area (TPSA) is 46.5 Å². The highest BCUT2D eigenvalue weighted by Gasteiger charge is 2.70. The molecule has 5 saturated carbocycles. The molecule has 36 heavy (non-hydrogen) atoms. The third-order valence-corrected chi connectivity index (χ3v) is 14.1. The van der Waals surface area contributed by atoms with Crippen LogP contribution in [0.1, 0.15) is 119 Å². The molecule has 1 N–H and O–H groups in total. The van der Waals surface area contributed by atoms with Crippen LogP contribution in [0.5, 0.6) is 0 Å². The lowest BCUT2D eigenvalue weighted by molar-refractivity contribution is -0.250. The van der Waals surface area contributed by atoms with E-state index in [-0.39, 0.29) is 17.5 Å². The van der Waals surface area contributed by atoms with E-state index in [1.807, 2.05) is 0 Å². The number of aliphatic hydroxyl groups is 1. The van der Waals surface area contributed by atoms with E-state index < -0.39 is 0 Å². The highest BCUT2D eigenvalue weighted by Crippen LogP contribution is 2.77. The maximum Gasteiger partial charge on any atom is 0.302 e. The minimum Gasteiger partial charge on any atom is -0.462 e. The molecule has 0 radical (unpaired) electrons. The fourth-order valence-corrected chi connectivity index (χ4v) is 12.3. The molecule has 204 valence electrons. The van der Waals surface area contributed by atoms with Gasteiger partial charge in [0.05, 0.1) is 0 Å². The number of esters is 1. The van der Waals surface area contributed by atoms with Crippen LogP contribution in [-0.4, -0.2) is 23.8 Å². The van der Waals surface area contributed by atoms with E-state index in [1.165, 1.54) is 63.4 Å². The second-order valence-corrected chi connectivity index (χ2v) is 15.5. The summed E-state index contributed by atoms with van der Waals surface area (Å²) in [7, 11) is 0. The number of rotatable bonds is 4. The number of hydrogen-bond acceptors (Lipinski definition) is 3. The van der Waals surface area contributed by atoms with E-state index in [9.17, 15) is 9.90 Å². The molecule has 0 aromatic carbocycles. The van der Waals surface area contributed by atoms with Crippen LogP contribution >= 0.6 is 0 Å². The monoisotopic (exact) mass is 498 g/mol. The van der Waals surface area contributed by atoms with Crippen LogP contribution in [0.15, 0.2) is 12.2 Å². The summed E-state index contributed by atoms with van der Waals surface area (Å²) < 4.78 is 5.92. The van der Waals surface area contributed by atoms with Crippen molar-refractivity contribution in [1.82, 2.24) is 0 Å². The fourth-order valence-electron chi connectivity index (χ4n) is 12.3. The van der Waals surface area contributed by atoms with E-state index in [2.05, 4.69) is 48.1 Å². The molecule has 5 fully saturated rings. The van der Waals surface area contributed by atoms with Gasteiger partial charge in [0.2, 0.25) is 0 Å². The van der Waals surface area contributed by atoms with Gasteiger partial charge < -0.3 is 9.84 Å². The number of aliphatic hydroxyl groups excluding tert-OH is 1. The van der Waals surface area contributed by atoms with Gasteiger partial charge in [-0.05, 0) is 129 Å². The number of allylic oxidation sites excluding steroid dienone is 1. The predicted molar refractivity (Wildman–Crippen MR) is 146 cm³/mol. The van der Waals surface area contributed by atoms with Crippen molar-refractivity contribution in [1.29, 1.82) is 0 Å². The smallest absolute Gasteiger partial charge is 0.302 e. The maximum atomic E-state index is 11.9. The number of carbonyl (C=O) groups excluding carboxylic acids is 1. The summed E-state index contributed by atoms with van der Waals surface area (Å²) in [6, 6.07) is 0. The summed E-state index contributed by atoms with van der Waals surface area (Å²) in [5, 5.41) is 10.1. The number of fused-ring (bicyclic) bond motifs is 7. The second kappa shape index (κ2) is 8.59. The first-order chi connectivity index (χ1) is 16.8. The van der Waals surface area contributed by atoms with Gasteiger partial charge in [-0.3, -0.25) is 4.79 Å². The molecular formula is C33H54O3. The van der Waals surface area contributed by atoms with Crippen molar-refractivity contribution in [3.63, 3.8) is 0 Å². The average molecular weight is 499 g/mol. The van der Waals surface area contributed by atoms with E-state index in [0.717, 1.165) is 24.7 Å². The van der Waals surface area contributed by atoms with E-state index in [1.54, 1.807) is 6.92 Å². The van der Waals surface area contributed by atoms with Crippen LogP contribution < -0.4 is 0 Å². The largest absolute Gasteiger partial charge is 0.462 e. The van der Waals surface area contributed by atoms with Crippen LogP contribution in [0.4, 0.5) is 0 Å². The molecule has 0 saturated heterocycles. The van der Waals surface area contributed by atoms with Crippen molar-refractivity contribution in [2.24, 2.45) is 56.7 Å². The van der Waals surface area contributed by atoms with Gasteiger partial charge in [-0.1, -0.05) is 46.8 Å². The molecule has 0 spiro atoms. The predicted octanol–water partition coefficient (Wildman–Crippen LogP) is 7.96. The van der Waals surface area contributed by atoms with Gasteiger partial charge in [-0.25, -0.2) is 0 Å². The highest BCUT2D eigenvalue weighted by molar-refractivity contribution is 5.66. The SMILES string of the molecule is C=C(C)[C@@H]1CC[C@]2(CCO)CC[C@]3(C)[C@H](CC[C@@H]4[C@@]5(C)CC[C@H](OC(C)=O)C(C)(C)[C@@H]5CC[C@]43C)[C@@H]12. The highest BCUT2D eigenvalue weighted by atomic mass is 16.5. The molecule has 0 aromatic rings. The summed E-state index contributed by atoms with van der Waals surface area (Å²) in [6.07, 6.45) is 13.6. The lowest BCUT2D eigenvalue weighted by atomic mass is 9.32. The summed E-state index contributed by atoms with van der Waals surface area (Å²) in [5.74, 6) is 3.29. The van der Waals surface area contributed by atoms with Crippen LogP contribution in [0, 0.1) is 56.7 Å². The van der Waals surface area contributed by atoms with Crippen molar-refractivity contribution in [2.75, 3.05) is 6.61 Å². The minimum atomic E-state index is -0.123. The zero-order valence-corrected chi connectivity index (χ0v) is 24.4. The van der Waals surface area contributed by atoms with Gasteiger partial charge in [0.15, 0.2) is 0 Å². The summed E-state index contributed by atoms with van der Waals surface area (Å²) in [6.45, 7) is 21.5. The molecule has 5 aliphatic carbocycles. The quantitative estimate of drug-likeness (QED) is 0.316. The summed E-state index contributed by atoms with van der Waals surface area (Å²) in [4.78, 5) is 11.9. The number of carbonyl (C=O) groups is 1. The molecule has 5 aliphatic rings. The van der Waals surface area contributed by atoms with Gasteiger partial charge in [-0.15, -0.1) is 0 Å². The van der Waals surface area contributed by atoms with Gasteiger partial charge in [-0.2, -0.15) is 0 Å². The van der Waals surface area contributed by atoms with Crippen molar-refractivity contribution in [2.45, 2.75) is 125 Å². The van der Waals surface area contributed by atoms with Crippen molar-refractivity contribution in [3.05, 3.63) is 12.2 Å². The Kier molecular flexibility index (Phi) is 6.38. The third-order valence-electron chi connectivity index (χ3n) is 14.1. The fraction of sp³-hybridized carbons (Fsp3) is 0.909. The van der Waals surface area contributed by atoms with Gasteiger partial charge in [0.1, 0.15) is 6.10 Å². The van der Waals surface area contributed by atoms with Crippen LogP contribution in [0.2, 0.25) is 0 Å². The Morgan fingerprint density at radius 3 is 2.22 bits per heavy atom. The summed E-state index contributed by atoms with van der Waals surface area (Å²) in [5.41, 5.74) is 2.75. The molecule has 0 aromatic heterocycles. The lowest BCUT2D eigenvalue weighted by Crippen LogP contribution is -2.66. The molecule has 3 nitrogen and oxygen atoms in total. The van der Waals surface area contributed by atoms with E-state index in [4.69, 9.17) is 4.74 Å². The first-order valence-corrected chi connectivity index (χ1v) is 15.2. The van der Waals surface area contributed by atoms with Gasteiger partial charge in [0, 0.05) is 18.9 Å². The van der Waals surface area contributed by atoms with Gasteiger partial charge in [0.25, 0.3) is 0 Å². The van der Waals surface area contributed by atoms with Gasteiger partial charge >= 0.3 is 5.97 Å². The molecule has 3 heteroatoms. The van der Waals surface area contributed by atoms with Crippen molar-refractivity contribution in [3.8, 4) is 0 Å². The first kappa shape index (κ1) is 26.8. The Balaban J connectivity index is 1.50. The molecule has 0 unspecified atom stereocenters. The first-order valence-electron chi connectivity index (χ1n) is 15.2. The van der Waals surface area contributed by atoms with Crippen molar-refractivity contribution < 1.29 is 14.6 Å². The lowest BCUT2D eigenvalue weighted by Gasteiger charge is -2.73. The van der Waals surface area contributed by atoms with Crippen molar-refractivity contribution >= 4 is 5.97 Å². The maximum absolute atomic E-state index is 11.9. The van der Waals surface area contributed by atoms with E-state index in [0.29, 0.717) is 46.0 Å². The molecule has 5 rings (SSSR count). The molecule has 0 bridgehead atoms. The molecular weight excluding hydrogens is 444 g/mol. The standard InChI is InChI=1S/C33H54O3/c1-21(2)23-11-16-33(19-20-34)18-17-31(7)24(28(23)33)9-10-26-30(6)14-13-27(36-22(3)35)29(4,5)25(30)12-15-32(26,31)8/h23-28,34H,1,9-20H2,2-8H3/t23-,24+,25-,26+,27-,28+,30-,31+,32+,33+/m0/s1. The molecule has 0 amide bonds. The second-order valence-electron chi connectivity index (χ2n) is 15.5. The minimum absolute atomic E-state index is 0.0249. The molecule has 0 heterocycles. The van der Waals surface area contributed by atoms with Crippen LogP contribution in [-0.2, 0) is 9.53 Å². The Morgan fingerprint density at radius 1 is 0.861 bits per heavy atom. The average Bonchev–Trinajstić information content (AvgIpc) is 3.16. The Bertz CT molecular complexity index is 907. The number of ether oxygens (including phenoxy) is 1. The Hall–Kier alpha value is -0.830. The zero-order chi connectivity index (χ0) is 26.3. The molecule has 0 aliphatic heterocycles. The zero-order valence-electron chi connectivity index (χ0n) is 24.4. The Labute approximate surface area is 221 Å². The third kappa shape index (κ3) is 3.42.